The molecule has 1 aromatic carbocycles. The van der Waals surface area contributed by atoms with Crippen molar-refractivity contribution in [3.05, 3.63) is 60.9 Å². The molecule has 0 spiro atoms. The van der Waals surface area contributed by atoms with Gasteiger partial charge in [-0.15, -0.1) is 10.2 Å². The fourth-order valence-corrected chi connectivity index (χ4v) is 2.32. The molecule has 99 valence electrons. The van der Waals surface area contributed by atoms with Crippen LogP contribution in [0, 0.1) is 0 Å². The van der Waals surface area contributed by atoms with Crippen molar-refractivity contribution in [2.24, 2.45) is 0 Å². The molecule has 21 heavy (non-hydrogen) atoms. The van der Waals surface area contributed by atoms with Gasteiger partial charge in [0.25, 0.3) is 0 Å². The molecular weight excluding hydrogens is 263 g/mol. The number of para-hydroxylation sites is 2. The molecule has 0 aliphatic carbocycles. The van der Waals surface area contributed by atoms with Crippen LogP contribution >= 0.6 is 0 Å². The summed E-state index contributed by atoms with van der Waals surface area (Å²) in [4.78, 5) is 3.97. The van der Waals surface area contributed by atoms with Crippen molar-refractivity contribution in [1.82, 2.24) is 20.4 Å². The lowest BCUT2D eigenvalue weighted by Crippen LogP contribution is -2.29. The highest BCUT2D eigenvalue weighted by molar-refractivity contribution is 6.54. The zero-order valence-electron chi connectivity index (χ0n) is 11.0. The van der Waals surface area contributed by atoms with Gasteiger partial charge in [0.15, 0.2) is 0 Å². The number of anilines is 4. The number of benzene rings is 1. The van der Waals surface area contributed by atoms with Gasteiger partial charge >= 0.3 is 7.55 Å². The van der Waals surface area contributed by atoms with Crippen LogP contribution in [0.3, 0.4) is 0 Å². The Bertz CT molecular complexity index is 687. The van der Waals surface area contributed by atoms with Crippen LogP contribution < -0.4 is 9.62 Å². The van der Waals surface area contributed by atoms with E-state index in [1.165, 1.54) is 0 Å². The van der Waals surface area contributed by atoms with Crippen molar-refractivity contribution in [1.29, 1.82) is 0 Å². The second-order valence-corrected chi connectivity index (χ2v) is 4.51. The number of rotatable bonds is 2. The van der Waals surface area contributed by atoms with Gasteiger partial charge in [0, 0.05) is 12.4 Å². The van der Waals surface area contributed by atoms with E-state index >= 15 is 0 Å². The van der Waals surface area contributed by atoms with Crippen molar-refractivity contribution in [3.63, 3.8) is 0 Å². The monoisotopic (exact) mass is 273 g/mol. The first-order valence-electron chi connectivity index (χ1n) is 6.51. The van der Waals surface area contributed by atoms with Crippen molar-refractivity contribution < 1.29 is 0 Å². The van der Waals surface area contributed by atoms with Gasteiger partial charge in [0.1, 0.15) is 11.6 Å². The Kier molecular flexibility index (Phi) is 2.74. The van der Waals surface area contributed by atoms with E-state index in [1.807, 2.05) is 65.7 Å². The van der Waals surface area contributed by atoms with Gasteiger partial charge in [0.2, 0.25) is 0 Å². The minimum atomic E-state index is 0.761. The average Bonchev–Trinajstić information content (AvgIpc) is 2.96. The molecule has 3 aromatic rings. The van der Waals surface area contributed by atoms with Crippen LogP contribution in [0.1, 0.15) is 0 Å². The molecule has 0 amide bonds. The summed E-state index contributed by atoms with van der Waals surface area (Å²) < 4.78 is 0. The van der Waals surface area contributed by atoms with E-state index in [9.17, 15) is 0 Å². The molecule has 0 atom stereocenters. The van der Waals surface area contributed by atoms with Crippen LogP contribution in [0.2, 0.25) is 0 Å². The van der Waals surface area contributed by atoms with Gasteiger partial charge in [-0.2, -0.15) is 10.2 Å². The van der Waals surface area contributed by atoms with Crippen LogP contribution in [0.25, 0.3) is 0 Å². The Morgan fingerprint density at radius 3 is 1.62 bits per heavy atom. The summed E-state index contributed by atoms with van der Waals surface area (Å²) in [5.41, 5.74) is 2.06. The minimum Gasteiger partial charge on any atom is -0.350 e. The molecule has 0 saturated carbocycles. The largest absolute Gasteiger partial charge is 0.404 e. The first-order chi connectivity index (χ1) is 10.4. The van der Waals surface area contributed by atoms with Crippen molar-refractivity contribution in [2.75, 3.05) is 9.62 Å². The number of hydrogen-bond acceptors (Lipinski definition) is 6. The predicted molar refractivity (Wildman–Crippen MR) is 80.5 cm³/mol. The molecule has 7 heteroatoms. The summed E-state index contributed by atoms with van der Waals surface area (Å²) in [5, 5.41) is 16.2. The maximum absolute atomic E-state index is 4.17. The summed E-state index contributed by atoms with van der Waals surface area (Å²) >= 11 is 0. The highest BCUT2D eigenvalue weighted by Gasteiger charge is 2.31. The smallest absolute Gasteiger partial charge is 0.350 e. The van der Waals surface area contributed by atoms with Crippen LogP contribution in [0.15, 0.2) is 60.9 Å². The maximum Gasteiger partial charge on any atom is 0.404 e. The summed E-state index contributed by atoms with van der Waals surface area (Å²) in [7, 11) is 1.94. The van der Waals surface area contributed by atoms with Crippen LogP contribution in [-0.4, -0.2) is 27.9 Å². The zero-order chi connectivity index (χ0) is 14.1. The quantitative estimate of drug-likeness (QED) is 0.666. The van der Waals surface area contributed by atoms with Gasteiger partial charge in [-0.25, -0.2) is 0 Å². The molecule has 0 bridgehead atoms. The van der Waals surface area contributed by atoms with E-state index in [4.69, 9.17) is 0 Å². The average molecular weight is 273 g/mol. The van der Waals surface area contributed by atoms with E-state index < -0.39 is 0 Å². The molecule has 1 aliphatic heterocycles. The van der Waals surface area contributed by atoms with Crippen LogP contribution in [-0.2, 0) is 0 Å². The molecule has 4 rings (SSSR count). The Hall–Kier alpha value is -2.96. The molecular formula is C14H10BN6. The SMILES string of the molecule is [B]1N(c2cccnn2)c2ccccc2N1c1cccnn1. The fourth-order valence-electron chi connectivity index (χ4n) is 2.32. The highest BCUT2D eigenvalue weighted by atomic mass is 15.3. The summed E-state index contributed by atoms with van der Waals surface area (Å²) in [5.74, 6) is 1.52. The lowest BCUT2D eigenvalue weighted by atomic mass is 10.1. The third-order valence-electron chi connectivity index (χ3n) is 3.24. The van der Waals surface area contributed by atoms with Gasteiger partial charge in [-0.3, -0.25) is 0 Å². The van der Waals surface area contributed by atoms with E-state index in [0.717, 1.165) is 23.0 Å². The number of hydrogen-bond donors (Lipinski definition) is 0. The third kappa shape index (κ3) is 1.99. The third-order valence-corrected chi connectivity index (χ3v) is 3.24. The standard InChI is InChI=1S/C14H10BN6/c1-2-6-12-11(5-1)20(13-7-3-9-16-18-13)15-21(12)14-8-4-10-17-19-14/h1-10H. The van der Waals surface area contributed by atoms with Crippen molar-refractivity contribution in [3.8, 4) is 0 Å². The molecule has 0 unspecified atom stereocenters. The molecule has 0 N–H and O–H groups in total. The summed E-state index contributed by atoms with van der Waals surface area (Å²) in [6.07, 6.45) is 3.32. The Labute approximate surface area is 122 Å². The maximum atomic E-state index is 4.17. The Morgan fingerprint density at radius 2 is 1.19 bits per heavy atom. The van der Waals surface area contributed by atoms with Crippen LogP contribution in [0.5, 0.6) is 0 Å². The predicted octanol–water partition coefficient (Wildman–Crippen LogP) is 2.09. The molecule has 2 aromatic heterocycles. The van der Waals surface area contributed by atoms with E-state index in [0.29, 0.717) is 0 Å². The molecule has 0 saturated heterocycles. The Morgan fingerprint density at radius 1 is 0.667 bits per heavy atom. The molecule has 1 radical (unpaired) electrons. The normalized spacial score (nSPS) is 13.0. The van der Waals surface area contributed by atoms with E-state index in [-0.39, 0.29) is 0 Å². The molecule has 3 heterocycles. The van der Waals surface area contributed by atoms with Gasteiger partial charge < -0.3 is 9.62 Å². The van der Waals surface area contributed by atoms with Crippen LogP contribution in [0.4, 0.5) is 23.0 Å². The van der Waals surface area contributed by atoms with Gasteiger partial charge in [-0.1, -0.05) is 12.1 Å². The first kappa shape index (κ1) is 11.8. The molecule has 0 fully saturated rings. The first-order valence-corrected chi connectivity index (χ1v) is 6.51. The lowest BCUT2D eigenvalue weighted by molar-refractivity contribution is 1.02. The zero-order valence-corrected chi connectivity index (χ0v) is 11.0. The number of nitrogens with zero attached hydrogens (tertiary/aromatic N) is 6. The van der Waals surface area contributed by atoms with Crippen molar-refractivity contribution in [2.45, 2.75) is 0 Å². The molecule has 6 nitrogen and oxygen atoms in total. The lowest BCUT2D eigenvalue weighted by Gasteiger charge is -2.17. The minimum absolute atomic E-state index is 0.761. The fraction of sp³-hybridized carbons (Fsp3) is 0. The van der Waals surface area contributed by atoms with E-state index in [1.54, 1.807) is 12.4 Å². The van der Waals surface area contributed by atoms with Gasteiger partial charge in [0.05, 0.1) is 11.4 Å². The number of aromatic nitrogens is 4. The molecule has 1 aliphatic rings. The highest BCUT2D eigenvalue weighted by Crippen LogP contribution is 2.41. The Balaban J connectivity index is 1.81. The van der Waals surface area contributed by atoms with Gasteiger partial charge in [-0.05, 0) is 36.4 Å². The van der Waals surface area contributed by atoms with Crippen molar-refractivity contribution >= 4 is 30.6 Å². The second kappa shape index (κ2) is 4.86. The number of fused-ring (bicyclic) bond motifs is 1. The second-order valence-electron chi connectivity index (χ2n) is 4.51. The topological polar surface area (TPSA) is 58.0 Å². The summed E-state index contributed by atoms with van der Waals surface area (Å²) in [6, 6.07) is 15.6. The summed E-state index contributed by atoms with van der Waals surface area (Å²) in [6.45, 7) is 0. The van der Waals surface area contributed by atoms with E-state index in [2.05, 4.69) is 20.4 Å².